The molecule has 0 heterocycles. The first kappa shape index (κ1) is 19.7. The van der Waals surface area contributed by atoms with E-state index in [9.17, 15) is 9.18 Å². The second kappa shape index (κ2) is 8.50. The van der Waals surface area contributed by atoms with Crippen LogP contribution in [0.4, 0.5) is 4.39 Å². The molecule has 1 fully saturated rings. The minimum Gasteiger partial charge on any atom is -0.494 e. The number of benzene rings is 1. The fourth-order valence-electron chi connectivity index (χ4n) is 3.11. The number of amides is 1. The van der Waals surface area contributed by atoms with Crippen molar-refractivity contribution < 1.29 is 13.9 Å². The van der Waals surface area contributed by atoms with Gasteiger partial charge in [-0.15, -0.1) is 12.4 Å². The van der Waals surface area contributed by atoms with Gasteiger partial charge in [-0.3, -0.25) is 4.79 Å². The van der Waals surface area contributed by atoms with Gasteiger partial charge in [0.2, 0.25) is 5.91 Å². The Bertz CT molecular complexity index is 537. The zero-order valence-electron chi connectivity index (χ0n) is 13.7. The summed E-state index contributed by atoms with van der Waals surface area (Å²) in [5.41, 5.74) is 6.64. The predicted molar refractivity (Wildman–Crippen MR) is 91.5 cm³/mol. The van der Waals surface area contributed by atoms with Gasteiger partial charge in [-0.2, -0.15) is 0 Å². The maximum Gasteiger partial charge on any atom is 0.224 e. The Morgan fingerprint density at radius 1 is 1.48 bits per heavy atom. The van der Waals surface area contributed by atoms with Gasteiger partial charge < -0.3 is 15.8 Å². The third-order valence-electron chi connectivity index (χ3n) is 4.50. The molecule has 0 spiro atoms. The van der Waals surface area contributed by atoms with Crippen LogP contribution in [0.2, 0.25) is 0 Å². The molecule has 1 aromatic rings. The minimum absolute atomic E-state index is 0. The SMILES string of the molecule is COc1ccc(CCNC(=O)C2CCCCC2(C)N)cc1F.Cl. The van der Waals surface area contributed by atoms with Crippen molar-refractivity contribution in [3.05, 3.63) is 29.6 Å². The van der Waals surface area contributed by atoms with Gasteiger partial charge in [0, 0.05) is 12.1 Å². The first-order valence-corrected chi connectivity index (χ1v) is 7.83. The second-order valence-corrected chi connectivity index (χ2v) is 6.31. The van der Waals surface area contributed by atoms with Crippen LogP contribution in [0.25, 0.3) is 0 Å². The van der Waals surface area contributed by atoms with Gasteiger partial charge >= 0.3 is 0 Å². The second-order valence-electron chi connectivity index (χ2n) is 6.31. The molecule has 2 atom stereocenters. The molecule has 1 aliphatic carbocycles. The monoisotopic (exact) mass is 344 g/mol. The lowest BCUT2D eigenvalue weighted by atomic mass is 9.74. The topological polar surface area (TPSA) is 64.3 Å². The summed E-state index contributed by atoms with van der Waals surface area (Å²) in [4.78, 5) is 12.3. The van der Waals surface area contributed by atoms with E-state index in [0.717, 1.165) is 31.2 Å². The number of nitrogens with one attached hydrogen (secondary N) is 1. The zero-order valence-corrected chi connectivity index (χ0v) is 14.5. The van der Waals surface area contributed by atoms with Gasteiger partial charge in [0.15, 0.2) is 11.6 Å². The first-order valence-electron chi connectivity index (χ1n) is 7.83. The Balaban J connectivity index is 0.00000264. The van der Waals surface area contributed by atoms with E-state index in [1.807, 2.05) is 13.0 Å². The molecule has 130 valence electrons. The zero-order chi connectivity index (χ0) is 16.2. The van der Waals surface area contributed by atoms with Crippen molar-refractivity contribution in [2.45, 2.75) is 44.6 Å². The van der Waals surface area contributed by atoms with Gasteiger partial charge in [0.05, 0.1) is 13.0 Å². The maximum absolute atomic E-state index is 13.6. The summed E-state index contributed by atoms with van der Waals surface area (Å²) in [5, 5.41) is 2.93. The van der Waals surface area contributed by atoms with E-state index in [-0.39, 0.29) is 35.8 Å². The Hall–Kier alpha value is -1.33. The number of hydrogen-bond donors (Lipinski definition) is 2. The highest BCUT2D eigenvalue weighted by molar-refractivity contribution is 5.85. The van der Waals surface area contributed by atoms with Crippen LogP contribution in [0.3, 0.4) is 0 Å². The molecule has 1 saturated carbocycles. The molecule has 4 nitrogen and oxygen atoms in total. The van der Waals surface area contributed by atoms with Crippen LogP contribution in [0.15, 0.2) is 18.2 Å². The number of methoxy groups -OCH3 is 1. The summed E-state index contributed by atoms with van der Waals surface area (Å²) in [6.45, 7) is 2.44. The van der Waals surface area contributed by atoms with E-state index >= 15 is 0 Å². The molecule has 1 aromatic carbocycles. The third kappa shape index (κ3) is 5.08. The summed E-state index contributed by atoms with van der Waals surface area (Å²) in [6, 6.07) is 4.85. The summed E-state index contributed by atoms with van der Waals surface area (Å²) < 4.78 is 18.5. The molecule has 0 bridgehead atoms. The van der Waals surface area contributed by atoms with E-state index < -0.39 is 5.54 Å². The maximum atomic E-state index is 13.6. The highest BCUT2D eigenvalue weighted by atomic mass is 35.5. The Morgan fingerprint density at radius 3 is 2.83 bits per heavy atom. The van der Waals surface area contributed by atoms with Crippen LogP contribution in [0.1, 0.15) is 38.2 Å². The lowest BCUT2D eigenvalue weighted by molar-refractivity contribution is -0.128. The first-order chi connectivity index (χ1) is 10.4. The van der Waals surface area contributed by atoms with E-state index in [2.05, 4.69) is 5.32 Å². The van der Waals surface area contributed by atoms with Gasteiger partial charge in [-0.1, -0.05) is 18.9 Å². The lowest BCUT2D eigenvalue weighted by Crippen LogP contribution is -2.53. The van der Waals surface area contributed by atoms with Crippen LogP contribution in [0.5, 0.6) is 5.75 Å². The van der Waals surface area contributed by atoms with E-state index in [1.54, 1.807) is 6.07 Å². The Morgan fingerprint density at radius 2 is 2.22 bits per heavy atom. The molecule has 1 aliphatic rings. The predicted octanol–water partition coefficient (Wildman–Crippen LogP) is 2.82. The van der Waals surface area contributed by atoms with Crippen molar-refractivity contribution in [2.24, 2.45) is 11.7 Å². The van der Waals surface area contributed by atoms with Crippen LogP contribution in [-0.4, -0.2) is 25.1 Å². The molecule has 23 heavy (non-hydrogen) atoms. The molecule has 3 N–H and O–H groups in total. The molecule has 2 unspecified atom stereocenters. The molecule has 0 aliphatic heterocycles. The summed E-state index contributed by atoms with van der Waals surface area (Å²) in [7, 11) is 1.44. The van der Waals surface area contributed by atoms with Crippen molar-refractivity contribution in [1.29, 1.82) is 0 Å². The number of nitrogens with two attached hydrogens (primary N) is 1. The summed E-state index contributed by atoms with van der Waals surface area (Å²) >= 11 is 0. The molecular weight excluding hydrogens is 319 g/mol. The van der Waals surface area contributed by atoms with E-state index in [1.165, 1.54) is 13.2 Å². The van der Waals surface area contributed by atoms with E-state index in [4.69, 9.17) is 10.5 Å². The van der Waals surface area contributed by atoms with Crippen molar-refractivity contribution in [1.82, 2.24) is 5.32 Å². The largest absolute Gasteiger partial charge is 0.494 e. The number of carbonyl (C=O) groups excluding carboxylic acids is 1. The normalized spacial score (nSPS) is 23.7. The molecule has 2 rings (SSSR count). The van der Waals surface area contributed by atoms with Crippen molar-refractivity contribution in [2.75, 3.05) is 13.7 Å². The molecule has 0 radical (unpaired) electrons. The van der Waals surface area contributed by atoms with Gasteiger partial charge in [0.1, 0.15) is 0 Å². The molecule has 6 heteroatoms. The van der Waals surface area contributed by atoms with Gasteiger partial charge in [-0.05, 0) is 43.9 Å². The summed E-state index contributed by atoms with van der Waals surface area (Å²) in [5.74, 6) is -0.269. The lowest BCUT2D eigenvalue weighted by Gasteiger charge is -2.37. The quantitative estimate of drug-likeness (QED) is 0.863. The molecule has 0 aromatic heterocycles. The minimum atomic E-state index is -0.422. The van der Waals surface area contributed by atoms with Crippen molar-refractivity contribution >= 4 is 18.3 Å². The smallest absolute Gasteiger partial charge is 0.224 e. The molecule has 1 amide bonds. The highest BCUT2D eigenvalue weighted by Gasteiger charge is 2.37. The van der Waals surface area contributed by atoms with Crippen LogP contribution in [-0.2, 0) is 11.2 Å². The Labute approximate surface area is 143 Å². The highest BCUT2D eigenvalue weighted by Crippen LogP contribution is 2.31. The van der Waals surface area contributed by atoms with Crippen LogP contribution < -0.4 is 15.8 Å². The van der Waals surface area contributed by atoms with Gasteiger partial charge in [0.25, 0.3) is 0 Å². The standard InChI is InChI=1S/C17H25FN2O2.ClH/c1-17(19)9-4-3-5-13(17)16(21)20-10-8-12-6-7-15(22-2)14(18)11-12;/h6-7,11,13H,3-5,8-10,19H2,1-2H3,(H,20,21);1H. The number of halogens is 2. The fraction of sp³-hybridized carbons (Fsp3) is 0.588. The third-order valence-corrected chi connectivity index (χ3v) is 4.50. The fourth-order valence-corrected chi connectivity index (χ4v) is 3.11. The summed E-state index contributed by atoms with van der Waals surface area (Å²) in [6.07, 6.45) is 4.45. The average molecular weight is 345 g/mol. The Kier molecular flexibility index (Phi) is 7.29. The van der Waals surface area contributed by atoms with Crippen LogP contribution in [0, 0.1) is 11.7 Å². The van der Waals surface area contributed by atoms with Crippen LogP contribution >= 0.6 is 12.4 Å². The molecular formula is C17H26ClFN2O2. The van der Waals surface area contributed by atoms with Crippen molar-refractivity contribution in [3.63, 3.8) is 0 Å². The van der Waals surface area contributed by atoms with E-state index in [0.29, 0.717) is 13.0 Å². The number of carbonyl (C=O) groups is 1. The number of ether oxygens (including phenoxy) is 1. The van der Waals surface area contributed by atoms with Gasteiger partial charge in [-0.25, -0.2) is 4.39 Å². The van der Waals surface area contributed by atoms with Crippen molar-refractivity contribution in [3.8, 4) is 5.75 Å². The molecule has 0 saturated heterocycles. The number of hydrogen-bond acceptors (Lipinski definition) is 3. The average Bonchev–Trinajstić information content (AvgIpc) is 2.47. The number of rotatable bonds is 5.